The van der Waals surface area contributed by atoms with Crippen LogP contribution in [-0.2, 0) is 11.3 Å². The van der Waals surface area contributed by atoms with E-state index in [0.717, 1.165) is 17.7 Å². The molecule has 0 saturated carbocycles. The number of aliphatic hydroxyl groups is 1. The number of amides is 1. The lowest BCUT2D eigenvalue weighted by atomic mass is 9.97. The summed E-state index contributed by atoms with van der Waals surface area (Å²) in [5.74, 6) is 0.847. The standard InChI is InChI=1S/C10H11NO3/c12-9-2-1-7-10(13)6-3-4-14-8(6)5-11(7)9/h3-4,7,10,13H,1-2,5H2/t7-,10+/m0/s1. The molecule has 2 atom stereocenters. The predicted octanol–water partition coefficient (Wildman–Crippen LogP) is 0.818. The van der Waals surface area contributed by atoms with Gasteiger partial charge in [-0.15, -0.1) is 0 Å². The zero-order chi connectivity index (χ0) is 9.71. The van der Waals surface area contributed by atoms with E-state index in [1.165, 1.54) is 0 Å². The molecule has 14 heavy (non-hydrogen) atoms. The SMILES string of the molecule is O=C1CC[C@H]2[C@H](O)c3ccoc3CN12. The molecule has 74 valence electrons. The van der Waals surface area contributed by atoms with Crippen molar-refractivity contribution < 1.29 is 14.3 Å². The van der Waals surface area contributed by atoms with E-state index in [2.05, 4.69) is 0 Å². The molecule has 4 nitrogen and oxygen atoms in total. The molecule has 0 radical (unpaired) electrons. The molecule has 1 saturated heterocycles. The van der Waals surface area contributed by atoms with Gasteiger partial charge in [0.05, 0.1) is 18.8 Å². The highest BCUT2D eigenvalue weighted by molar-refractivity contribution is 5.79. The molecule has 1 aromatic rings. The molecule has 3 heterocycles. The lowest BCUT2D eigenvalue weighted by molar-refractivity contribution is -0.132. The Morgan fingerprint density at radius 3 is 3.29 bits per heavy atom. The average Bonchev–Trinajstić information content (AvgIpc) is 2.75. The van der Waals surface area contributed by atoms with Crippen LogP contribution in [0.5, 0.6) is 0 Å². The second-order valence-electron chi connectivity index (χ2n) is 3.87. The topological polar surface area (TPSA) is 53.7 Å². The molecular weight excluding hydrogens is 182 g/mol. The van der Waals surface area contributed by atoms with Gasteiger partial charge < -0.3 is 14.4 Å². The summed E-state index contributed by atoms with van der Waals surface area (Å²) in [6, 6.07) is 1.76. The molecule has 2 aliphatic heterocycles. The third-order valence-electron chi connectivity index (χ3n) is 3.15. The van der Waals surface area contributed by atoms with E-state index in [1.54, 1.807) is 17.2 Å². The van der Waals surface area contributed by atoms with Crippen molar-refractivity contribution in [3.63, 3.8) is 0 Å². The van der Waals surface area contributed by atoms with Crippen LogP contribution < -0.4 is 0 Å². The normalized spacial score (nSPS) is 30.4. The van der Waals surface area contributed by atoms with Crippen LogP contribution in [0.1, 0.15) is 30.3 Å². The van der Waals surface area contributed by atoms with Gasteiger partial charge in [0.1, 0.15) is 11.9 Å². The zero-order valence-electron chi connectivity index (χ0n) is 7.64. The summed E-state index contributed by atoms with van der Waals surface area (Å²) < 4.78 is 5.23. The maximum atomic E-state index is 11.5. The lowest BCUT2D eigenvalue weighted by Gasteiger charge is -2.32. The first kappa shape index (κ1) is 8.05. The van der Waals surface area contributed by atoms with Crippen LogP contribution in [0.15, 0.2) is 16.7 Å². The maximum Gasteiger partial charge on any atom is 0.223 e. The van der Waals surface area contributed by atoms with Crippen LogP contribution in [0.3, 0.4) is 0 Å². The summed E-state index contributed by atoms with van der Waals surface area (Å²) >= 11 is 0. The Bertz CT molecular complexity index is 384. The molecule has 4 heteroatoms. The minimum Gasteiger partial charge on any atom is -0.467 e. The molecule has 3 rings (SSSR count). The number of nitrogens with zero attached hydrogens (tertiary/aromatic N) is 1. The van der Waals surface area contributed by atoms with Gasteiger partial charge >= 0.3 is 0 Å². The summed E-state index contributed by atoms with van der Waals surface area (Å²) in [5, 5.41) is 9.98. The number of hydrogen-bond acceptors (Lipinski definition) is 3. The fourth-order valence-corrected chi connectivity index (χ4v) is 2.39. The van der Waals surface area contributed by atoms with Crippen LogP contribution in [-0.4, -0.2) is 22.0 Å². The first-order chi connectivity index (χ1) is 6.77. The lowest BCUT2D eigenvalue weighted by Crippen LogP contribution is -2.40. The average molecular weight is 193 g/mol. The Morgan fingerprint density at radius 1 is 1.57 bits per heavy atom. The van der Waals surface area contributed by atoms with Crippen molar-refractivity contribution in [3.05, 3.63) is 23.7 Å². The number of carbonyl (C=O) groups excluding carboxylic acids is 1. The highest BCUT2D eigenvalue weighted by atomic mass is 16.3. The minimum atomic E-state index is -0.566. The summed E-state index contributed by atoms with van der Waals surface area (Å²) in [7, 11) is 0. The molecule has 1 amide bonds. The summed E-state index contributed by atoms with van der Waals surface area (Å²) in [4.78, 5) is 13.2. The van der Waals surface area contributed by atoms with Gasteiger partial charge in [-0.3, -0.25) is 4.79 Å². The number of aliphatic hydroxyl groups excluding tert-OH is 1. The Labute approximate surface area is 81.1 Å². The number of rotatable bonds is 0. The van der Waals surface area contributed by atoms with E-state index in [1.807, 2.05) is 0 Å². The van der Waals surface area contributed by atoms with Gasteiger partial charge in [-0.1, -0.05) is 0 Å². The second kappa shape index (κ2) is 2.60. The van der Waals surface area contributed by atoms with Crippen molar-refractivity contribution in [1.82, 2.24) is 4.90 Å². The van der Waals surface area contributed by atoms with Gasteiger partial charge in [0.2, 0.25) is 5.91 Å². The van der Waals surface area contributed by atoms with E-state index < -0.39 is 6.10 Å². The smallest absolute Gasteiger partial charge is 0.223 e. The number of hydrogen-bond donors (Lipinski definition) is 1. The van der Waals surface area contributed by atoms with Crippen molar-refractivity contribution in [1.29, 1.82) is 0 Å². The molecule has 0 aliphatic carbocycles. The Kier molecular flexibility index (Phi) is 1.50. The molecule has 1 aromatic heterocycles. The molecule has 1 N–H and O–H groups in total. The van der Waals surface area contributed by atoms with Crippen LogP contribution in [0.25, 0.3) is 0 Å². The molecular formula is C10H11NO3. The van der Waals surface area contributed by atoms with Gasteiger partial charge in [0.15, 0.2) is 0 Å². The highest BCUT2D eigenvalue weighted by Gasteiger charge is 2.41. The van der Waals surface area contributed by atoms with Crippen molar-refractivity contribution in [2.45, 2.75) is 31.5 Å². The first-order valence-electron chi connectivity index (χ1n) is 4.81. The number of carbonyl (C=O) groups is 1. The monoisotopic (exact) mass is 193 g/mol. The summed E-state index contributed by atoms with van der Waals surface area (Å²) in [5.41, 5.74) is 0.848. The number of fused-ring (bicyclic) bond motifs is 2. The van der Waals surface area contributed by atoms with Gasteiger partial charge in [-0.2, -0.15) is 0 Å². The Morgan fingerprint density at radius 2 is 2.43 bits per heavy atom. The van der Waals surface area contributed by atoms with Crippen molar-refractivity contribution >= 4 is 5.91 Å². The maximum absolute atomic E-state index is 11.5. The van der Waals surface area contributed by atoms with Crippen LogP contribution >= 0.6 is 0 Å². The predicted molar refractivity (Wildman–Crippen MR) is 47.2 cm³/mol. The first-order valence-corrected chi connectivity index (χ1v) is 4.81. The van der Waals surface area contributed by atoms with E-state index in [9.17, 15) is 9.90 Å². The quantitative estimate of drug-likeness (QED) is 0.663. The second-order valence-corrected chi connectivity index (χ2v) is 3.87. The molecule has 0 bridgehead atoms. The van der Waals surface area contributed by atoms with Gasteiger partial charge in [-0.05, 0) is 12.5 Å². The third kappa shape index (κ3) is 0.889. The summed E-state index contributed by atoms with van der Waals surface area (Å²) in [6.07, 6.45) is 2.31. The fraction of sp³-hybridized carbons (Fsp3) is 0.500. The van der Waals surface area contributed by atoms with Crippen LogP contribution in [0, 0.1) is 0 Å². The van der Waals surface area contributed by atoms with Gasteiger partial charge in [0.25, 0.3) is 0 Å². The van der Waals surface area contributed by atoms with E-state index in [4.69, 9.17) is 4.42 Å². The highest BCUT2D eigenvalue weighted by Crippen LogP contribution is 2.37. The molecule has 1 fully saturated rings. The molecule has 0 aromatic carbocycles. The summed E-state index contributed by atoms with van der Waals surface area (Å²) in [6.45, 7) is 0.517. The van der Waals surface area contributed by atoms with Gasteiger partial charge in [0, 0.05) is 12.0 Å². The fourth-order valence-electron chi connectivity index (χ4n) is 2.39. The van der Waals surface area contributed by atoms with Crippen molar-refractivity contribution in [3.8, 4) is 0 Å². The largest absolute Gasteiger partial charge is 0.467 e. The Hall–Kier alpha value is -1.29. The minimum absolute atomic E-state index is 0.0346. The van der Waals surface area contributed by atoms with Crippen molar-refractivity contribution in [2.75, 3.05) is 0 Å². The van der Waals surface area contributed by atoms with E-state index in [-0.39, 0.29) is 11.9 Å². The molecule has 0 spiro atoms. The zero-order valence-corrected chi connectivity index (χ0v) is 7.64. The number of furan rings is 1. The van der Waals surface area contributed by atoms with E-state index in [0.29, 0.717) is 13.0 Å². The third-order valence-corrected chi connectivity index (χ3v) is 3.15. The Balaban J connectivity index is 2.04. The molecule has 0 unspecified atom stereocenters. The van der Waals surface area contributed by atoms with Crippen LogP contribution in [0.2, 0.25) is 0 Å². The van der Waals surface area contributed by atoms with Crippen LogP contribution in [0.4, 0.5) is 0 Å². The molecule has 2 aliphatic rings. The van der Waals surface area contributed by atoms with Crippen molar-refractivity contribution in [2.24, 2.45) is 0 Å². The van der Waals surface area contributed by atoms with Gasteiger partial charge in [-0.25, -0.2) is 0 Å². The van der Waals surface area contributed by atoms with E-state index >= 15 is 0 Å².